The molecule has 3 heteroatoms. The first-order valence-corrected chi connectivity index (χ1v) is 10.2. The first kappa shape index (κ1) is 16.4. The van der Waals surface area contributed by atoms with Crippen LogP contribution in [-0.2, 0) is 6.42 Å². The van der Waals surface area contributed by atoms with Gasteiger partial charge in [-0.3, -0.25) is 0 Å². The standard InChI is InChI=1S/C23H28N2O/c1-4-23(24-25-23)14-26-17-7-9-18-16(13-17)6-8-20-19(18)11-12-22(3)15(2)5-10-21(20)22/h1,7,9,13,15,19-21H,5-6,8,10-12,14H2,2-3H3/t15-,19+,20+,21-,22+/m0/s1. The van der Waals surface area contributed by atoms with Crippen LogP contribution in [-0.4, -0.2) is 12.3 Å². The third-order valence-corrected chi connectivity index (χ3v) is 8.18. The maximum absolute atomic E-state index is 5.90. The van der Waals surface area contributed by atoms with Crippen molar-refractivity contribution in [3.05, 3.63) is 29.3 Å². The van der Waals surface area contributed by atoms with Crippen molar-refractivity contribution in [3.8, 4) is 18.1 Å². The summed E-state index contributed by atoms with van der Waals surface area (Å²) in [6.07, 6.45) is 13.6. The van der Waals surface area contributed by atoms with Gasteiger partial charge in [-0.15, -0.1) is 16.7 Å². The highest BCUT2D eigenvalue weighted by Gasteiger charge is 2.53. The highest BCUT2D eigenvalue weighted by molar-refractivity contribution is 5.41. The summed E-state index contributed by atoms with van der Waals surface area (Å²) in [5, 5.41) is 7.83. The summed E-state index contributed by atoms with van der Waals surface area (Å²) in [6, 6.07) is 6.69. The third-order valence-electron chi connectivity index (χ3n) is 8.18. The molecule has 3 nitrogen and oxygen atoms in total. The van der Waals surface area contributed by atoms with Crippen LogP contribution >= 0.6 is 0 Å². The highest BCUT2D eigenvalue weighted by Crippen LogP contribution is 2.62. The lowest BCUT2D eigenvalue weighted by molar-refractivity contribution is 0.0336. The van der Waals surface area contributed by atoms with E-state index in [-0.39, 0.29) is 0 Å². The molecule has 136 valence electrons. The molecule has 3 aliphatic carbocycles. The summed E-state index contributed by atoms with van der Waals surface area (Å²) in [4.78, 5) is 0. The van der Waals surface area contributed by atoms with Gasteiger partial charge >= 0.3 is 0 Å². The normalized spacial score (nSPS) is 38.7. The van der Waals surface area contributed by atoms with Gasteiger partial charge in [0.1, 0.15) is 12.4 Å². The Labute approximate surface area is 156 Å². The molecule has 2 fully saturated rings. The zero-order chi connectivity index (χ0) is 17.9. The number of terminal acetylenes is 1. The van der Waals surface area contributed by atoms with E-state index in [1.165, 1.54) is 44.1 Å². The summed E-state index contributed by atoms with van der Waals surface area (Å²) in [7, 11) is 0. The molecule has 1 aromatic rings. The molecular weight excluding hydrogens is 320 g/mol. The van der Waals surface area contributed by atoms with Crippen LogP contribution in [0.5, 0.6) is 5.75 Å². The summed E-state index contributed by atoms with van der Waals surface area (Å²) < 4.78 is 5.90. The summed E-state index contributed by atoms with van der Waals surface area (Å²) in [5.41, 5.74) is 2.94. The lowest BCUT2D eigenvalue weighted by Crippen LogP contribution is -2.41. The molecule has 0 radical (unpaired) electrons. The first-order valence-electron chi connectivity index (χ1n) is 10.2. The van der Waals surface area contributed by atoms with Crippen LogP contribution in [0.4, 0.5) is 0 Å². The Morgan fingerprint density at radius 1 is 1.23 bits per heavy atom. The van der Waals surface area contributed by atoms with Crippen LogP contribution in [0.1, 0.15) is 63.0 Å². The molecule has 0 saturated heterocycles. The maximum atomic E-state index is 5.90. The van der Waals surface area contributed by atoms with Crippen molar-refractivity contribution in [2.75, 3.05) is 6.61 Å². The third kappa shape index (κ3) is 2.34. The van der Waals surface area contributed by atoms with Gasteiger partial charge in [0.15, 0.2) is 0 Å². The molecule has 1 heterocycles. The Morgan fingerprint density at radius 3 is 2.85 bits per heavy atom. The van der Waals surface area contributed by atoms with Gasteiger partial charge < -0.3 is 4.74 Å². The van der Waals surface area contributed by atoms with Gasteiger partial charge in [-0.1, -0.05) is 19.9 Å². The predicted molar refractivity (Wildman–Crippen MR) is 102 cm³/mol. The lowest BCUT2D eigenvalue weighted by Gasteiger charge is -2.50. The Bertz CT molecular complexity index is 801. The summed E-state index contributed by atoms with van der Waals surface area (Å²) in [6.45, 7) is 5.42. The van der Waals surface area contributed by atoms with Crippen LogP contribution in [0.2, 0.25) is 0 Å². The molecule has 0 aromatic heterocycles. The van der Waals surface area contributed by atoms with E-state index in [1.807, 2.05) is 0 Å². The van der Waals surface area contributed by atoms with Gasteiger partial charge in [-0.2, -0.15) is 0 Å². The van der Waals surface area contributed by atoms with Crippen molar-refractivity contribution in [2.45, 2.75) is 64.0 Å². The quantitative estimate of drug-likeness (QED) is 0.678. The Hall–Kier alpha value is -1.82. The van der Waals surface area contributed by atoms with Gasteiger partial charge in [0.25, 0.3) is 5.66 Å². The number of hydrogen-bond donors (Lipinski definition) is 0. The largest absolute Gasteiger partial charge is 0.488 e. The second-order valence-electron chi connectivity index (χ2n) is 9.25. The summed E-state index contributed by atoms with van der Waals surface area (Å²) in [5.74, 6) is 6.95. The molecule has 0 spiro atoms. The van der Waals surface area contributed by atoms with E-state index in [9.17, 15) is 0 Å². The molecule has 0 unspecified atom stereocenters. The average Bonchev–Trinajstić information content (AvgIpc) is 3.38. The molecule has 1 aromatic carbocycles. The minimum absolute atomic E-state index is 0.354. The second-order valence-corrected chi connectivity index (χ2v) is 9.25. The topological polar surface area (TPSA) is 34.0 Å². The van der Waals surface area contributed by atoms with E-state index in [1.54, 1.807) is 5.56 Å². The van der Waals surface area contributed by atoms with Gasteiger partial charge in [-0.25, -0.2) is 0 Å². The second kappa shape index (κ2) is 5.59. The van der Waals surface area contributed by atoms with Crippen molar-refractivity contribution in [1.29, 1.82) is 0 Å². The summed E-state index contributed by atoms with van der Waals surface area (Å²) >= 11 is 0. The van der Waals surface area contributed by atoms with E-state index in [2.05, 4.69) is 48.2 Å². The van der Waals surface area contributed by atoms with Crippen molar-refractivity contribution in [2.24, 2.45) is 33.4 Å². The smallest absolute Gasteiger partial charge is 0.283 e. The van der Waals surface area contributed by atoms with E-state index in [4.69, 9.17) is 11.2 Å². The van der Waals surface area contributed by atoms with Gasteiger partial charge in [0, 0.05) is 0 Å². The number of rotatable bonds is 3. The number of hydrogen-bond acceptors (Lipinski definition) is 3. The van der Waals surface area contributed by atoms with Gasteiger partial charge in [0.2, 0.25) is 0 Å². The van der Waals surface area contributed by atoms with E-state index < -0.39 is 5.66 Å². The van der Waals surface area contributed by atoms with Crippen LogP contribution in [0.3, 0.4) is 0 Å². The van der Waals surface area contributed by atoms with E-state index in [0.29, 0.717) is 12.0 Å². The van der Waals surface area contributed by atoms with Gasteiger partial charge in [-0.05, 0) is 96.8 Å². The fourth-order valence-corrected chi connectivity index (χ4v) is 6.31. The lowest BCUT2D eigenvalue weighted by atomic mass is 9.54. The van der Waals surface area contributed by atoms with E-state index >= 15 is 0 Å². The Balaban J connectivity index is 1.36. The van der Waals surface area contributed by atoms with Crippen LogP contribution in [0.15, 0.2) is 28.4 Å². The first-order chi connectivity index (χ1) is 12.5. The van der Waals surface area contributed by atoms with Crippen molar-refractivity contribution >= 4 is 0 Å². The average molecular weight is 348 g/mol. The molecule has 2 saturated carbocycles. The molecule has 0 amide bonds. The molecular formula is C23H28N2O. The van der Waals surface area contributed by atoms with Crippen molar-refractivity contribution in [1.82, 2.24) is 0 Å². The van der Waals surface area contributed by atoms with E-state index in [0.717, 1.165) is 29.4 Å². The van der Waals surface area contributed by atoms with Crippen LogP contribution in [0.25, 0.3) is 0 Å². The number of fused-ring (bicyclic) bond motifs is 5. The predicted octanol–water partition coefficient (Wildman–Crippen LogP) is 5.35. The maximum Gasteiger partial charge on any atom is 0.283 e. The van der Waals surface area contributed by atoms with Crippen LogP contribution < -0.4 is 4.74 Å². The number of aryl methyl sites for hydroxylation is 1. The molecule has 26 heavy (non-hydrogen) atoms. The number of ether oxygens (including phenoxy) is 1. The fourth-order valence-electron chi connectivity index (χ4n) is 6.31. The highest BCUT2D eigenvalue weighted by atomic mass is 16.5. The fraction of sp³-hybridized carbons (Fsp3) is 0.652. The molecule has 0 N–H and O–H groups in total. The molecule has 0 bridgehead atoms. The van der Waals surface area contributed by atoms with Crippen molar-refractivity contribution < 1.29 is 4.74 Å². The molecule has 5 atom stereocenters. The zero-order valence-corrected chi connectivity index (χ0v) is 15.9. The minimum atomic E-state index is -0.714. The minimum Gasteiger partial charge on any atom is -0.488 e. The van der Waals surface area contributed by atoms with Crippen molar-refractivity contribution in [3.63, 3.8) is 0 Å². The van der Waals surface area contributed by atoms with Crippen LogP contribution in [0, 0.1) is 35.5 Å². The SMILES string of the molecule is C#CC1(COc2ccc3c(c2)CC[C@@H]2[C@@H]3CC[C@]3(C)[C@@H](C)CC[C@@H]23)N=N1. The molecule has 5 rings (SSSR count). The van der Waals surface area contributed by atoms with Gasteiger partial charge in [0.05, 0.1) is 0 Å². The Kier molecular flexibility index (Phi) is 3.52. The zero-order valence-electron chi connectivity index (χ0n) is 15.9. The monoisotopic (exact) mass is 348 g/mol. The molecule has 1 aliphatic heterocycles. The molecule has 4 aliphatic rings. The Morgan fingerprint density at radius 2 is 2.08 bits per heavy atom. The number of nitrogens with zero attached hydrogens (tertiary/aromatic N) is 2. The number of benzene rings is 1.